The number of benzene rings is 2. The van der Waals surface area contributed by atoms with Gasteiger partial charge in [0.25, 0.3) is 5.91 Å². The molecule has 0 spiro atoms. The smallest absolute Gasteiger partial charge is 0.347 e. The summed E-state index contributed by atoms with van der Waals surface area (Å²) in [7, 11) is 0. The molecule has 0 bridgehead atoms. The van der Waals surface area contributed by atoms with Gasteiger partial charge in [-0.15, -0.1) is 0 Å². The van der Waals surface area contributed by atoms with Gasteiger partial charge in [0.1, 0.15) is 0 Å². The van der Waals surface area contributed by atoms with Crippen LogP contribution in [0.4, 0.5) is 0 Å². The number of nitrogens with zero attached hydrogens (tertiary/aromatic N) is 1. The number of aliphatic carboxylic acids is 2. The van der Waals surface area contributed by atoms with Crippen molar-refractivity contribution in [3.05, 3.63) is 81.1 Å². The van der Waals surface area contributed by atoms with E-state index < -0.39 is 29.5 Å². The topological polar surface area (TPSA) is 175 Å². The zero-order valence-corrected chi connectivity index (χ0v) is 25.1. The number of ether oxygens (including phenoxy) is 2. The lowest BCUT2D eigenvalue weighted by Gasteiger charge is -2.44. The summed E-state index contributed by atoms with van der Waals surface area (Å²) < 4.78 is 11.0. The predicted octanol–water partition coefficient (Wildman–Crippen LogP) is 3.46. The number of carbonyl (C=O) groups is 4. The van der Waals surface area contributed by atoms with Crippen LogP contribution in [0.2, 0.25) is 5.02 Å². The molecular formula is C31H36ClN3O9. The molecule has 4 rings (SSSR count). The molecule has 2 heterocycles. The number of hydrogen-bond acceptors (Lipinski definition) is 8. The first-order valence-electron chi connectivity index (χ1n) is 14.2. The van der Waals surface area contributed by atoms with E-state index >= 15 is 0 Å². The van der Waals surface area contributed by atoms with Gasteiger partial charge in [-0.25, -0.2) is 4.79 Å². The van der Waals surface area contributed by atoms with Gasteiger partial charge in [-0.1, -0.05) is 29.8 Å². The zero-order valence-electron chi connectivity index (χ0n) is 24.3. The van der Waals surface area contributed by atoms with Crippen molar-refractivity contribution in [1.82, 2.24) is 15.2 Å². The van der Waals surface area contributed by atoms with E-state index in [4.69, 9.17) is 31.3 Å². The Morgan fingerprint density at radius 3 is 2.20 bits per heavy atom. The summed E-state index contributed by atoms with van der Waals surface area (Å²) >= 11 is 5.98. The van der Waals surface area contributed by atoms with Crippen LogP contribution in [0.5, 0.6) is 0 Å². The van der Waals surface area contributed by atoms with E-state index in [0.717, 1.165) is 5.39 Å². The highest BCUT2D eigenvalue weighted by Gasteiger charge is 2.48. The van der Waals surface area contributed by atoms with E-state index in [1.807, 2.05) is 23.1 Å². The number of H-pyrrole nitrogens is 1. The third kappa shape index (κ3) is 9.63. The molecule has 12 nitrogen and oxygen atoms in total. The number of amides is 1. The molecule has 1 amide bonds. The summed E-state index contributed by atoms with van der Waals surface area (Å²) in [4.78, 5) is 63.8. The van der Waals surface area contributed by atoms with Crippen LogP contribution in [-0.4, -0.2) is 82.5 Å². The Bertz CT molecular complexity index is 1490. The summed E-state index contributed by atoms with van der Waals surface area (Å²) in [6.07, 6.45) is 1.05. The molecule has 1 saturated heterocycles. The van der Waals surface area contributed by atoms with Crippen LogP contribution < -0.4 is 10.9 Å². The van der Waals surface area contributed by atoms with Crippen LogP contribution in [0.25, 0.3) is 10.9 Å². The molecule has 13 heteroatoms. The van der Waals surface area contributed by atoms with Gasteiger partial charge in [0.2, 0.25) is 5.56 Å². The van der Waals surface area contributed by atoms with Gasteiger partial charge in [-0.3, -0.25) is 24.1 Å². The lowest BCUT2D eigenvalue weighted by atomic mass is 9.93. The normalized spacial score (nSPS) is 14.5. The molecule has 1 aliphatic heterocycles. The van der Waals surface area contributed by atoms with Crippen molar-refractivity contribution in [3.63, 3.8) is 0 Å². The number of para-hydroxylation sites is 1. The van der Waals surface area contributed by atoms with Gasteiger partial charge in [0.05, 0.1) is 19.8 Å². The van der Waals surface area contributed by atoms with E-state index in [1.165, 1.54) is 6.07 Å². The van der Waals surface area contributed by atoms with Crippen LogP contribution >= 0.6 is 11.6 Å². The molecule has 236 valence electrons. The van der Waals surface area contributed by atoms with Crippen molar-refractivity contribution in [2.45, 2.75) is 44.7 Å². The molecule has 44 heavy (non-hydrogen) atoms. The first-order chi connectivity index (χ1) is 21.1. The highest BCUT2D eigenvalue weighted by Crippen LogP contribution is 2.26. The Balaban J connectivity index is 0.000000456. The van der Waals surface area contributed by atoms with Crippen molar-refractivity contribution in [3.8, 4) is 0 Å². The summed E-state index contributed by atoms with van der Waals surface area (Å²) in [6.45, 7) is 3.45. The number of carboxylic acid groups (broad SMARTS) is 2. The number of carboxylic acids is 2. The number of rotatable bonds is 12. The van der Waals surface area contributed by atoms with Crippen molar-refractivity contribution < 1.29 is 38.9 Å². The summed E-state index contributed by atoms with van der Waals surface area (Å²) in [5, 5.41) is 20.5. The number of nitrogens with one attached hydrogen (secondary N) is 2. The molecule has 0 aliphatic carbocycles. The Morgan fingerprint density at radius 2 is 1.61 bits per heavy atom. The average molecular weight is 630 g/mol. The van der Waals surface area contributed by atoms with Gasteiger partial charge in [0, 0.05) is 59.9 Å². The fourth-order valence-electron chi connectivity index (χ4n) is 4.80. The van der Waals surface area contributed by atoms with E-state index in [0.29, 0.717) is 60.8 Å². The van der Waals surface area contributed by atoms with Gasteiger partial charge in [0.15, 0.2) is 5.66 Å². The minimum absolute atomic E-state index is 0.0373. The predicted molar refractivity (Wildman–Crippen MR) is 163 cm³/mol. The number of halogens is 1. The highest BCUT2D eigenvalue weighted by atomic mass is 35.5. The van der Waals surface area contributed by atoms with Crippen LogP contribution in [0, 0.1) is 0 Å². The maximum atomic E-state index is 13.6. The number of aromatic amines is 1. The first kappa shape index (κ1) is 34.2. The largest absolute Gasteiger partial charge is 0.481 e. The fourth-order valence-corrected chi connectivity index (χ4v) is 4.92. The van der Waals surface area contributed by atoms with Crippen LogP contribution in [0.15, 0.2) is 59.4 Å². The molecule has 0 saturated carbocycles. The maximum Gasteiger partial charge on any atom is 0.347 e. The second-order valence-electron chi connectivity index (χ2n) is 10.0. The molecule has 2 aromatic carbocycles. The maximum absolute atomic E-state index is 13.6. The van der Waals surface area contributed by atoms with Crippen molar-refractivity contribution in [2.75, 3.05) is 32.9 Å². The van der Waals surface area contributed by atoms with Gasteiger partial charge < -0.3 is 30.0 Å². The number of esters is 1. The standard InChI is InChI=1S/C25H26ClN3O5.C6H10O4/c1-2-34-24(32)25(29-11-13-33-14-12-29,28-23(31)17-7-9-19(26)10-8-17)16-18-15-22(30)27-21-6-4-3-5-20(18)21;7-5(8)3-1-2-4-6(9)10/h3-10,15H,2,11-14,16H2,1H3,(H,27,30)(H,28,31);1-4H2,(H,7,8)(H,9,10). The van der Waals surface area contributed by atoms with Crippen LogP contribution in [0.1, 0.15) is 48.5 Å². The summed E-state index contributed by atoms with van der Waals surface area (Å²) in [5.74, 6) is -2.79. The highest BCUT2D eigenvalue weighted by molar-refractivity contribution is 6.30. The number of aromatic nitrogens is 1. The van der Waals surface area contributed by atoms with Crippen molar-refractivity contribution in [2.24, 2.45) is 0 Å². The first-order valence-corrected chi connectivity index (χ1v) is 14.6. The minimum atomic E-state index is -1.55. The van der Waals surface area contributed by atoms with Crippen LogP contribution in [-0.2, 0) is 30.3 Å². The third-order valence-corrected chi connectivity index (χ3v) is 7.16. The Kier molecular flexibility index (Phi) is 12.9. The van der Waals surface area contributed by atoms with E-state index in [-0.39, 0.29) is 31.4 Å². The second-order valence-corrected chi connectivity index (χ2v) is 10.5. The number of morpholine rings is 1. The number of unbranched alkanes of at least 4 members (excludes halogenated alkanes) is 1. The number of carbonyl (C=O) groups excluding carboxylic acids is 2. The van der Waals surface area contributed by atoms with E-state index in [9.17, 15) is 24.0 Å². The summed E-state index contributed by atoms with van der Waals surface area (Å²) in [5.41, 5.74) is -0.226. The Hall–Kier alpha value is -4.26. The molecule has 1 unspecified atom stereocenters. The number of pyridine rings is 1. The fraction of sp³-hybridized carbons (Fsp3) is 0.387. The Labute approximate surface area is 258 Å². The molecule has 3 aromatic rings. The van der Waals surface area contributed by atoms with Crippen molar-refractivity contribution >= 4 is 46.3 Å². The molecule has 1 fully saturated rings. The quantitative estimate of drug-likeness (QED) is 0.171. The lowest BCUT2D eigenvalue weighted by molar-refractivity contribution is -0.163. The van der Waals surface area contributed by atoms with Gasteiger partial charge >= 0.3 is 17.9 Å². The van der Waals surface area contributed by atoms with Gasteiger partial charge in [-0.05, 0) is 55.7 Å². The lowest BCUT2D eigenvalue weighted by Crippen LogP contribution is -2.69. The number of hydrogen-bond donors (Lipinski definition) is 4. The molecular weight excluding hydrogens is 594 g/mol. The molecule has 0 radical (unpaired) electrons. The van der Waals surface area contributed by atoms with E-state index in [2.05, 4.69) is 10.3 Å². The summed E-state index contributed by atoms with van der Waals surface area (Å²) in [6, 6.07) is 15.2. The molecule has 1 aliphatic rings. The molecule has 4 N–H and O–H groups in total. The third-order valence-electron chi connectivity index (χ3n) is 6.90. The Morgan fingerprint density at radius 1 is 1.00 bits per heavy atom. The molecule has 1 atom stereocenters. The minimum Gasteiger partial charge on any atom is -0.481 e. The average Bonchev–Trinajstić information content (AvgIpc) is 3.00. The monoisotopic (exact) mass is 629 g/mol. The van der Waals surface area contributed by atoms with Crippen molar-refractivity contribution in [1.29, 1.82) is 0 Å². The number of fused-ring (bicyclic) bond motifs is 1. The van der Waals surface area contributed by atoms with Gasteiger partial charge in [-0.2, -0.15) is 0 Å². The zero-order chi connectivity index (χ0) is 32.1. The SMILES string of the molecule is CCOC(=O)C(Cc1cc(=O)[nH]c2ccccc12)(NC(=O)c1ccc(Cl)cc1)N1CCOCC1.O=C(O)CCCCC(=O)O. The second kappa shape index (κ2) is 16.6. The van der Waals surface area contributed by atoms with Crippen LogP contribution in [0.3, 0.4) is 0 Å². The molecule has 1 aromatic heterocycles. The van der Waals surface area contributed by atoms with E-state index in [1.54, 1.807) is 37.3 Å².